The summed E-state index contributed by atoms with van der Waals surface area (Å²) in [5.74, 6) is 0.126. The topological polar surface area (TPSA) is 122 Å². The predicted octanol–water partition coefficient (Wildman–Crippen LogP) is 3.14. The van der Waals surface area contributed by atoms with Crippen LogP contribution in [0.5, 0.6) is 6.01 Å². The number of benzene rings is 1. The van der Waals surface area contributed by atoms with E-state index in [1.54, 1.807) is 18.2 Å². The molecule has 1 aromatic heterocycles. The molecule has 9 heteroatoms. The van der Waals surface area contributed by atoms with Crippen molar-refractivity contribution in [2.24, 2.45) is 17.6 Å². The Morgan fingerprint density at radius 2 is 1.85 bits per heavy atom. The lowest BCUT2D eigenvalue weighted by atomic mass is 9.97. The summed E-state index contributed by atoms with van der Waals surface area (Å²) in [5.41, 5.74) is 6.54. The molecule has 2 aliphatic rings. The van der Waals surface area contributed by atoms with E-state index < -0.39 is 5.82 Å². The van der Waals surface area contributed by atoms with E-state index in [1.165, 1.54) is 12.4 Å². The number of piperidine rings is 1. The zero-order valence-electron chi connectivity index (χ0n) is 19.1. The number of rotatable bonds is 10. The Morgan fingerprint density at radius 1 is 1.15 bits per heavy atom. The average Bonchev–Trinajstić information content (AvgIpc) is 3.68. The molecule has 1 saturated heterocycles. The second kappa shape index (κ2) is 10.7. The van der Waals surface area contributed by atoms with Gasteiger partial charge < -0.3 is 15.4 Å². The SMILES string of the molecule is N=C(N)CC(=O)CCc1cccc(-c2cnc(OCC3CCN(C(=O)C4CC4)CC3)nc2)c1F. The highest BCUT2D eigenvalue weighted by Crippen LogP contribution is 2.32. The Hall–Kier alpha value is -3.36. The molecule has 2 fully saturated rings. The Kier molecular flexibility index (Phi) is 7.49. The van der Waals surface area contributed by atoms with Crippen LogP contribution in [0.4, 0.5) is 4.39 Å². The monoisotopic (exact) mass is 467 g/mol. The van der Waals surface area contributed by atoms with E-state index in [2.05, 4.69) is 9.97 Å². The lowest BCUT2D eigenvalue weighted by Crippen LogP contribution is -2.40. The highest BCUT2D eigenvalue weighted by atomic mass is 19.1. The van der Waals surface area contributed by atoms with Gasteiger partial charge in [-0.1, -0.05) is 18.2 Å². The first kappa shape index (κ1) is 23.8. The van der Waals surface area contributed by atoms with E-state index in [0.717, 1.165) is 38.8 Å². The van der Waals surface area contributed by atoms with E-state index in [-0.39, 0.29) is 42.8 Å². The smallest absolute Gasteiger partial charge is 0.316 e. The zero-order valence-corrected chi connectivity index (χ0v) is 19.1. The van der Waals surface area contributed by atoms with Crippen molar-refractivity contribution >= 4 is 17.5 Å². The molecular weight excluding hydrogens is 437 g/mol. The fourth-order valence-corrected chi connectivity index (χ4v) is 4.20. The highest BCUT2D eigenvalue weighted by Gasteiger charge is 2.35. The van der Waals surface area contributed by atoms with Crippen molar-refractivity contribution in [3.8, 4) is 17.1 Å². The number of likely N-dealkylation sites (tertiary alicyclic amines) is 1. The van der Waals surface area contributed by atoms with Gasteiger partial charge in [0.15, 0.2) is 0 Å². The van der Waals surface area contributed by atoms with E-state index in [4.69, 9.17) is 15.9 Å². The number of carbonyl (C=O) groups excluding carboxylic acids is 2. The number of hydrogen-bond acceptors (Lipinski definition) is 6. The van der Waals surface area contributed by atoms with Crippen LogP contribution in [0.25, 0.3) is 11.1 Å². The third kappa shape index (κ3) is 6.15. The first-order valence-electron chi connectivity index (χ1n) is 11.8. The van der Waals surface area contributed by atoms with Gasteiger partial charge in [0.1, 0.15) is 11.6 Å². The molecule has 0 spiro atoms. The average molecular weight is 468 g/mol. The Bertz CT molecular complexity index is 1050. The fraction of sp³-hybridized carbons (Fsp3) is 0.480. The summed E-state index contributed by atoms with van der Waals surface area (Å²) in [6, 6.07) is 5.26. The normalized spacial score (nSPS) is 16.3. The summed E-state index contributed by atoms with van der Waals surface area (Å²) < 4.78 is 20.8. The molecule has 1 aromatic carbocycles. The van der Waals surface area contributed by atoms with Crippen LogP contribution in [0.2, 0.25) is 0 Å². The number of ketones is 1. The van der Waals surface area contributed by atoms with Gasteiger partial charge >= 0.3 is 6.01 Å². The fourth-order valence-electron chi connectivity index (χ4n) is 4.20. The summed E-state index contributed by atoms with van der Waals surface area (Å²) in [6.45, 7) is 2.04. The van der Waals surface area contributed by atoms with Crippen LogP contribution >= 0.6 is 0 Å². The van der Waals surface area contributed by atoms with Crippen molar-refractivity contribution < 1.29 is 18.7 Å². The Morgan fingerprint density at radius 3 is 2.50 bits per heavy atom. The molecule has 2 heterocycles. The standard InChI is InChI=1S/C25H30FN5O3/c26-23-17(6-7-20(32)12-22(27)28)2-1-3-21(23)19-13-29-25(30-14-19)34-15-16-8-10-31(11-9-16)24(33)18-4-5-18/h1-3,13-14,16,18H,4-12,15H2,(H3,27,28). The van der Waals surface area contributed by atoms with Gasteiger partial charge in [0.2, 0.25) is 5.91 Å². The van der Waals surface area contributed by atoms with E-state index in [1.807, 2.05) is 4.90 Å². The largest absolute Gasteiger partial charge is 0.463 e. The number of halogens is 1. The summed E-state index contributed by atoms with van der Waals surface area (Å²) in [5, 5.41) is 7.19. The number of nitrogens with zero attached hydrogens (tertiary/aromatic N) is 3. The molecule has 2 aromatic rings. The molecule has 0 bridgehead atoms. The number of amides is 1. The number of Topliss-reactive ketones (excluding diaryl/α,β-unsaturated/α-hetero) is 1. The summed E-state index contributed by atoms with van der Waals surface area (Å²) in [7, 11) is 0. The van der Waals surface area contributed by atoms with Gasteiger partial charge in [-0.2, -0.15) is 0 Å². The number of nitrogens with one attached hydrogen (secondary N) is 1. The minimum atomic E-state index is -0.414. The Balaban J connectivity index is 1.29. The van der Waals surface area contributed by atoms with Crippen LogP contribution in [0.3, 0.4) is 0 Å². The van der Waals surface area contributed by atoms with E-state index >= 15 is 4.39 Å². The minimum absolute atomic E-state index is 0.117. The molecule has 0 unspecified atom stereocenters. The van der Waals surface area contributed by atoms with Crippen LogP contribution in [0.1, 0.15) is 44.1 Å². The lowest BCUT2D eigenvalue weighted by Gasteiger charge is -2.31. The molecule has 0 radical (unpaired) electrons. The number of nitrogens with two attached hydrogens (primary N) is 1. The number of carbonyl (C=O) groups is 2. The molecular formula is C25H30FN5O3. The maximum absolute atomic E-state index is 15.0. The highest BCUT2D eigenvalue weighted by molar-refractivity contribution is 5.98. The van der Waals surface area contributed by atoms with Crippen LogP contribution in [-0.4, -0.2) is 52.1 Å². The van der Waals surface area contributed by atoms with Crippen LogP contribution in [-0.2, 0) is 16.0 Å². The molecule has 34 heavy (non-hydrogen) atoms. The molecule has 1 amide bonds. The number of ether oxygens (including phenoxy) is 1. The third-order valence-corrected chi connectivity index (χ3v) is 6.38. The first-order valence-corrected chi connectivity index (χ1v) is 11.8. The van der Waals surface area contributed by atoms with Crippen molar-refractivity contribution in [2.45, 2.75) is 44.9 Å². The van der Waals surface area contributed by atoms with Gasteiger partial charge in [0.05, 0.1) is 18.9 Å². The van der Waals surface area contributed by atoms with Gasteiger partial charge in [0, 0.05) is 48.9 Å². The summed E-state index contributed by atoms with van der Waals surface area (Å²) in [4.78, 5) is 34.4. The molecule has 4 rings (SSSR count). The second-order valence-electron chi connectivity index (χ2n) is 9.13. The minimum Gasteiger partial charge on any atom is -0.463 e. The van der Waals surface area contributed by atoms with Crippen molar-refractivity contribution in [1.82, 2.24) is 14.9 Å². The second-order valence-corrected chi connectivity index (χ2v) is 9.13. The molecule has 8 nitrogen and oxygen atoms in total. The number of hydrogen-bond donors (Lipinski definition) is 2. The number of amidine groups is 1. The lowest BCUT2D eigenvalue weighted by molar-refractivity contribution is -0.134. The quantitative estimate of drug-likeness (QED) is 0.409. The molecule has 180 valence electrons. The van der Waals surface area contributed by atoms with Crippen molar-refractivity contribution in [3.05, 3.63) is 42.0 Å². The molecule has 1 saturated carbocycles. The maximum Gasteiger partial charge on any atom is 0.316 e. The summed E-state index contributed by atoms with van der Waals surface area (Å²) >= 11 is 0. The van der Waals surface area contributed by atoms with Gasteiger partial charge in [-0.05, 0) is 43.6 Å². The number of aryl methyl sites for hydroxylation is 1. The first-order chi connectivity index (χ1) is 16.4. The maximum atomic E-state index is 15.0. The van der Waals surface area contributed by atoms with Gasteiger partial charge in [-0.3, -0.25) is 15.0 Å². The van der Waals surface area contributed by atoms with Crippen molar-refractivity contribution in [3.63, 3.8) is 0 Å². The number of aromatic nitrogens is 2. The summed E-state index contributed by atoms with van der Waals surface area (Å²) in [6.07, 6.45) is 7.18. The molecule has 3 N–H and O–H groups in total. The van der Waals surface area contributed by atoms with Gasteiger partial charge in [-0.15, -0.1) is 0 Å². The molecule has 0 atom stereocenters. The molecule has 1 aliphatic heterocycles. The van der Waals surface area contributed by atoms with Crippen LogP contribution in [0.15, 0.2) is 30.6 Å². The van der Waals surface area contributed by atoms with Gasteiger partial charge in [0.25, 0.3) is 0 Å². The molecule has 1 aliphatic carbocycles. The van der Waals surface area contributed by atoms with E-state index in [0.29, 0.717) is 35.1 Å². The third-order valence-electron chi connectivity index (χ3n) is 6.38. The van der Waals surface area contributed by atoms with Crippen molar-refractivity contribution in [1.29, 1.82) is 5.41 Å². The predicted molar refractivity (Wildman–Crippen MR) is 125 cm³/mol. The van der Waals surface area contributed by atoms with Gasteiger partial charge in [-0.25, -0.2) is 14.4 Å². The Labute approximate surface area is 198 Å². The van der Waals surface area contributed by atoms with Crippen molar-refractivity contribution in [2.75, 3.05) is 19.7 Å². The zero-order chi connectivity index (χ0) is 24.1. The van der Waals surface area contributed by atoms with E-state index in [9.17, 15) is 9.59 Å². The van der Waals surface area contributed by atoms with Crippen LogP contribution < -0.4 is 10.5 Å². The van der Waals surface area contributed by atoms with Crippen LogP contribution in [0, 0.1) is 23.1 Å².